The summed E-state index contributed by atoms with van der Waals surface area (Å²) in [7, 11) is 0. The molecule has 1 amide bonds. The highest BCUT2D eigenvalue weighted by molar-refractivity contribution is 8.19. The lowest BCUT2D eigenvalue weighted by Crippen LogP contribution is -2.35. The molecular weight excluding hydrogens is 366 g/mol. The third-order valence-corrected chi connectivity index (χ3v) is 7.54. The molecule has 0 unspecified atom stereocenters. The summed E-state index contributed by atoms with van der Waals surface area (Å²) in [5.74, 6) is 3.89. The predicted molar refractivity (Wildman–Crippen MR) is 107 cm³/mol. The minimum atomic E-state index is -0.113. The molecular formula is C20H21NO3S2. The number of amides is 1. The zero-order chi connectivity index (χ0) is 17.8. The number of carbonyl (C=O) groups is 1. The molecule has 2 heterocycles. The quantitative estimate of drug-likeness (QED) is 0.834. The van der Waals surface area contributed by atoms with E-state index in [0.29, 0.717) is 11.2 Å². The monoisotopic (exact) mass is 387 g/mol. The Hall–Kier alpha value is -1.79. The van der Waals surface area contributed by atoms with Gasteiger partial charge < -0.3 is 14.8 Å². The number of hydrogen-bond acceptors (Lipinski definition) is 5. The molecule has 0 bridgehead atoms. The molecule has 1 N–H and O–H groups in total. The number of ether oxygens (including phenoxy) is 2. The van der Waals surface area contributed by atoms with Gasteiger partial charge in [0, 0.05) is 23.5 Å². The lowest BCUT2D eigenvalue weighted by molar-refractivity contribution is -0.124. The number of fused-ring (bicyclic) bond motifs is 1. The van der Waals surface area contributed by atoms with Crippen LogP contribution in [0.15, 0.2) is 48.5 Å². The fourth-order valence-electron chi connectivity index (χ4n) is 3.15. The van der Waals surface area contributed by atoms with Gasteiger partial charge in [-0.2, -0.15) is 0 Å². The van der Waals surface area contributed by atoms with E-state index in [1.54, 1.807) is 0 Å². The molecule has 2 aliphatic heterocycles. The van der Waals surface area contributed by atoms with Crippen LogP contribution < -0.4 is 14.8 Å². The smallest absolute Gasteiger partial charge is 0.258 e. The molecule has 1 atom stereocenters. The highest BCUT2D eigenvalue weighted by Crippen LogP contribution is 2.45. The molecule has 0 saturated carbocycles. The first-order chi connectivity index (χ1) is 12.8. The van der Waals surface area contributed by atoms with Gasteiger partial charge in [0.25, 0.3) is 5.91 Å². The molecule has 136 valence electrons. The minimum Gasteiger partial charge on any atom is -0.493 e. The Morgan fingerprint density at radius 1 is 1.12 bits per heavy atom. The third kappa shape index (κ3) is 4.13. The standard InChI is InChI=1S/C20H21NO3S2/c22-19(21-17-9-10-23-18-4-2-1-3-16(17)18)13-24-15-7-5-14(6-8-15)20-25-11-12-26-20/h1-8,17,20H,9-13H2,(H,21,22)/t17-/m1/s1. The number of rotatable bonds is 5. The first kappa shape index (κ1) is 17.6. The summed E-state index contributed by atoms with van der Waals surface area (Å²) in [6.45, 7) is 0.632. The van der Waals surface area contributed by atoms with Gasteiger partial charge in [0.1, 0.15) is 11.5 Å². The van der Waals surface area contributed by atoms with Crippen molar-refractivity contribution in [3.05, 3.63) is 59.7 Å². The van der Waals surface area contributed by atoms with Crippen molar-refractivity contribution in [2.45, 2.75) is 17.0 Å². The van der Waals surface area contributed by atoms with Gasteiger partial charge in [-0.25, -0.2) is 0 Å². The van der Waals surface area contributed by atoms with Crippen LogP contribution in [0.4, 0.5) is 0 Å². The summed E-state index contributed by atoms with van der Waals surface area (Å²) in [5, 5.41) is 3.05. The molecule has 1 saturated heterocycles. The van der Waals surface area contributed by atoms with Gasteiger partial charge in [0.05, 0.1) is 17.2 Å². The SMILES string of the molecule is O=C(COc1ccc(C2SCCS2)cc1)N[C@@H]1CCOc2ccccc21. The summed E-state index contributed by atoms with van der Waals surface area (Å²) in [6, 6.07) is 15.9. The van der Waals surface area contributed by atoms with Crippen LogP contribution in [0.25, 0.3) is 0 Å². The zero-order valence-corrected chi connectivity index (χ0v) is 16.0. The van der Waals surface area contributed by atoms with Crippen LogP contribution in [0.3, 0.4) is 0 Å². The van der Waals surface area contributed by atoms with Crippen LogP contribution in [0.5, 0.6) is 11.5 Å². The maximum absolute atomic E-state index is 12.3. The normalized spacial score (nSPS) is 19.5. The number of thioether (sulfide) groups is 2. The summed E-state index contributed by atoms with van der Waals surface area (Å²) in [6.07, 6.45) is 0.772. The van der Waals surface area contributed by atoms with E-state index >= 15 is 0 Å². The lowest BCUT2D eigenvalue weighted by Gasteiger charge is -2.26. The number of hydrogen-bond donors (Lipinski definition) is 1. The first-order valence-corrected chi connectivity index (χ1v) is 10.9. The second kappa shape index (κ2) is 8.27. The molecule has 1 fully saturated rings. The van der Waals surface area contributed by atoms with Crippen molar-refractivity contribution in [2.75, 3.05) is 24.7 Å². The van der Waals surface area contributed by atoms with Crippen molar-refractivity contribution in [1.29, 1.82) is 0 Å². The Morgan fingerprint density at radius 2 is 1.88 bits per heavy atom. The van der Waals surface area contributed by atoms with Gasteiger partial charge in [0.2, 0.25) is 0 Å². The average Bonchev–Trinajstić information content (AvgIpc) is 3.22. The van der Waals surface area contributed by atoms with Crippen LogP contribution in [-0.4, -0.2) is 30.6 Å². The zero-order valence-electron chi connectivity index (χ0n) is 14.4. The Bertz CT molecular complexity index is 760. The van der Waals surface area contributed by atoms with E-state index in [0.717, 1.165) is 23.5 Å². The second-order valence-electron chi connectivity index (χ2n) is 6.23. The van der Waals surface area contributed by atoms with Crippen LogP contribution >= 0.6 is 23.5 Å². The fourth-order valence-corrected chi connectivity index (χ4v) is 6.01. The van der Waals surface area contributed by atoms with Crippen LogP contribution in [0.1, 0.15) is 28.2 Å². The van der Waals surface area contributed by atoms with Crippen molar-refractivity contribution in [3.63, 3.8) is 0 Å². The van der Waals surface area contributed by atoms with Gasteiger partial charge in [0.15, 0.2) is 6.61 Å². The Balaban J connectivity index is 1.30. The van der Waals surface area contributed by atoms with Crippen molar-refractivity contribution in [2.24, 2.45) is 0 Å². The molecule has 4 rings (SSSR count). The average molecular weight is 388 g/mol. The van der Waals surface area contributed by atoms with E-state index in [-0.39, 0.29) is 18.6 Å². The molecule has 6 heteroatoms. The summed E-state index contributed by atoms with van der Waals surface area (Å²) >= 11 is 3.96. The summed E-state index contributed by atoms with van der Waals surface area (Å²) < 4.78 is 11.8. The first-order valence-electron chi connectivity index (χ1n) is 8.77. The van der Waals surface area contributed by atoms with Gasteiger partial charge in [-0.1, -0.05) is 30.3 Å². The van der Waals surface area contributed by atoms with Gasteiger partial charge in [-0.3, -0.25) is 4.79 Å². The third-order valence-electron chi connectivity index (χ3n) is 4.44. The topological polar surface area (TPSA) is 47.6 Å². The molecule has 4 nitrogen and oxygen atoms in total. The molecule has 2 aromatic carbocycles. The van der Waals surface area contributed by atoms with Gasteiger partial charge in [-0.15, -0.1) is 23.5 Å². The maximum atomic E-state index is 12.3. The molecule has 0 aromatic heterocycles. The second-order valence-corrected chi connectivity index (χ2v) is 8.95. The highest BCUT2D eigenvalue weighted by atomic mass is 32.2. The molecule has 2 aliphatic rings. The number of para-hydroxylation sites is 1. The Kier molecular flexibility index (Phi) is 5.60. The molecule has 0 radical (unpaired) electrons. The van der Waals surface area contributed by atoms with E-state index in [1.165, 1.54) is 17.1 Å². The largest absolute Gasteiger partial charge is 0.493 e. The molecule has 2 aromatic rings. The van der Waals surface area contributed by atoms with Crippen molar-refractivity contribution < 1.29 is 14.3 Å². The molecule has 0 spiro atoms. The molecule has 26 heavy (non-hydrogen) atoms. The maximum Gasteiger partial charge on any atom is 0.258 e. The number of benzene rings is 2. The summed E-state index contributed by atoms with van der Waals surface area (Å²) in [4.78, 5) is 12.3. The van der Waals surface area contributed by atoms with E-state index in [9.17, 15) is 4.79 Å². The summed E-state index contributed by atoms with van der Waals surface area (Å²) in [5.41, 5.74) is 2.34. The van der Waals surface area contributed by atoms with Crippen molar-refractivity contribution in [1.82, 2.24) is 5.32 Å². The Labute approximate surface area is 162 Å². The Morgan fingerprint density at radius 3 is 2.69 bits per heavy atom. The van der Waals surface area contributed by atoms with Crippen molar-refractivity contribution >= 4 is 29.4 Å². The number of carbonyl (C=O) groups excluding carboxylic acids is 1. The van der Waals surface area contributed by atoms with Crippen LogP contribution in [-0.2, 0) is 4.79 Å². The fraction of sp³-hybridized carbons (Fsp3) is 0.350. The van der Waals surface area contributed by atoms with E-state index in [4.69, 9.17) is 9.47 Å². The van der Waals surface area contributed by atoms with Gasteiger partial charge in [-0.05, 0) is 23.8 Å². The van der Waals surface area contributed by atoms with E-state index < -0.39 is 0 Å². The van der Waals surface area contributed by atoms with Crippen LogP contribution in [0.2, 0.25) is 0 Å². The van der Waals surface area contributed by atoms with Gasteiger partial charge >= 0.3 is 0 Å². The van der Waals surface area contributed by atoms with E-state index in [2.05, 4.69) is 17.4 Å². The predicted octanol–water partition coefficient (Wildman–Crippen LogP) is 4.18. The highest BCUT2D eigenvalue weighted by Gasteiger charge is 2.22. The van der Waals surface area contributed by atoms with E-state index in [1.807, 2.05) is 59.9 Å². The van der Waals surface area contributed by atoms with Crippen LogP contribution in [0, 0.1) is 0 Å². The molecule has 0 aliphatic carbocycles. The van der Waals surface area contributed by atoms with Crippen molar-refractivity contribution in [3.8, 4) is 11.5 Å². The number of nitrogens with one attached hydrogen (secondary N) is 1. The lowest BCUT2D eigenvalue weighted by atomic mass is 10.0. The minimum absolute atomic E-state index is 0.0187.